The van der Waals surface area contributed by atoms with E-state index in [-0.39, 0.29) is 23.8 Å². The topological polar surface area (TPSA) is 74.6 Å². The Kier molecular flexibility index (Phi) is 6.62. The molecule has 2 aliphatic heterocycles. The van der Waals surface area contributed by atoms with Crippen LogP contribution in [0.3, 0.4) is 0 Å². The fourth-order valence-electron chi connectivity index (χ4n) is 5.21. The van der Waals surface area contributed by atoms with Gasteiger partial charge in [0.05, 0.1) is 5.92 Å². The van der Waals surface area contributed by atoms with Gasteiger partial charge in [0.25, 0.3) is 11.8 Å². The van der Waals surface area contributed by atoms with Crippen LogP contribution >= 0.6 is 0 Å². The lowest BCUT2D eigenvalue weighted by Crippen LogP contribution is -2.44. The summed E-state index contributed by atoms with van der Waals surface area (Å²) >= 11 is 0. The average molecular weight is 487 g/mol. The minimum atomic E-state index is -0.195. The number of benzene rings is 2. The van der Waals surface area contributed by atoms with Gasteiger partial charge in [-0.2, -0.15) is 5.10 Å². The summed E-state index contributed by atoms with van der Waals surface area (Å²) in [6, 6.07) is 15.7. The Bertz CT molecular complexity index is 1240. The van der Waals surface area contributed by atoms with E-state index in [1.165, 1.54) is 0 Å². The maximum absolute atomic E-state index is 13.5. The van der Waals surface area contributed by atoms with Gasteiger partial charge < -0.3 is 14.7 Å². The van der Waals surface area contributed by atoms with Crippen LogP contribution in [0.1, 0.15) is 70.8 Å². The third kappa shape index (κ3) is 4.53. The van der Waals surface area contributed by atoms with Crippen molar-refractivity contribution in [1.82, 2.24) is 24.6 Å². The summed E-state index contributed by atoms with van der Waals surface area (Å²) in [5.74, 6) is 0.458. The zero-order valence-corrected chi connectivity index (χ0v) is 21.5. The minimum absolute atomic E-state index is 0.0438. The van der Waals surface area contributed by atoms with Crippen LogP contribution in [-0.4, -0.2) is 76.2 Å². The van der Waals surface area contributed by atoms with Crippen molar-refractivity contribution < 1.29 is 9.59 Å². The molecule has 8 nitrogen and oxygen atoms in total. The van der Waals surface area contributed by atoms with Gasteiger partial charge in [-0.1, -0.05) is 18.2 Å². The van der Waals surface area contributed by atoms with Gasteiger partial charge in [-0.15, -0.1) is 0 Å². The summed E-state index contributed by atoms with van der Waals surface area (Å²) in [6.45, 7) is 6.06. The molecule has 1 aromatic heterocycles. The van der Waals surface area contributed by atoms with Crippen LogP contribution < -0.4 is 4.90 Å². The van der Waals surface area contributed by atoms with E-state index in [4.69, 9.17) is 5.10 Å². The van der Waals surface area contributed by atoms with E-state index in [1.54, 1.807) is 11.2 Å². The van der Waals surface area contributed by atoms with Crippen molar-refractivity contribution in [2.45, 2.75) is 44.7 Å². The fourth-order valence-corrected chi connectivity index (χ4v) is 5.21. The van der Waals surface area contributed by atoms with Gasteiger partial charge in [-0.05, 0) is 76.7 Å². The third-order valence-corrected chi connectivity index (χ3v) is 7.42. The van der Waals surface area contributed by atoms with E-state index in [1.807, 2.05) is 58.1 Å². The van der Waals surface area contributed by atoms with Gasteiger partial charge in [-0.3, -0.25) is 14.3 Å². The summed E-state index contributed by atoms with van der Waals surface area (Å²) in [5.41, 5.74) is 3.03. The minimum Gasteiger partial charge on any atom is -0.339 e. The van der Waals surface area contributed by atoms with Gasteiger partial charge in [0.1, 0.15) is 6.33 Å². The number of nitrogens with zero attached hydrogens (tertiary/aromatic N) is 6. The summed E-state index contributed by atoms with van der Waals surface area (Å²) in [6.07, 6.45) is 3.69. The van der Waals surface area contributed by atoms with Crippen molar-refractivity contribution in [2.24, 2.45) is 0 Å². The molecule has 0 unspecified atom stereocenters. The van der Waals surface area contributed by atoms with Gasteiger partial charge in [0.15, 0.2) is 5.82 Å². The quantitative estimate of drug-likeness (QED) is 0.548. The molecule has 36 heavy (non-hydrogen) atoms. The number of amides is 2. The summed E-state index contributed by atoms with van der Waals surface area (Å²) in [5, 5.41) is 4.71. The smallest absolute Gasteiger partial charge is 0.258 e. The zero-order chi connectivity index (χ0) is 25.4. The second-order valence-electron chi connectivity index (χ2n) is 10.3. The number of rotatable bonds is 5. The molecule has 0 bridgehead atoms. The predicted octanol–water partition coefficient (Wildman–Crippen LogP) is 3.82. The molecule has 0 radical (unpaired) electrons. The Morgan fingerprint density at radius 2 is 1.69 bits per heavy atom. The van der Waals surface area contributed by atoms with Crippen LogP contribution in [0.4, 0.5) is 5.69 Å². The second kappa shape index (κ2) is 9.85. The lowest BCUT2D eigenvalue weighted by Gasteiger charge is -2.35. The van der Waals surface area contributed by atoms with Crippen molar-refractivity contribution >= 4 is 17.5 Å². The molecular formula is C28H34N6O2. The molecule has 3 heterocycles. The molecule has 1 fully saturated rings. The molecule has 2 aliphatic rings. The molecule has 188 valence electrons. The third-order valence-electron chi connectivity index (χ3n) is 7.42. The number of aromatic nitrogens is 3. The maximum Gasteiger partial charge on any atom is 0.258 e. The normalized spacial score (nSPS) is 18.2. The molecule has 0 spiro atoms. The van der Waals surface area contributed by atoms with Crippen molar-refractivity contribution in [3.8, 4) is 0 Å². The molecule has 2 amide bonds. The van der Waals surface area contributed by atoms with Crippen molar-refractivity contribution in [2.75, 3.05) is 38.6 Å². The van der Waals surface area contributed by atoms with Gasteiger partial charge in [-0.25, -0.2) is 4.98 Å². The van der Waals surface area contributed by atoms with E-state index < -0.39 is 0 Å². The van der Waals surface area contributed by atoms with E-state index in [0.717, 1.165) is 37.2 Å². The summed E-state index contributed by atoms with van der Waals surface area (Å²) in [4.78, 5) is 37.5. The number of carbonyl (C=O) groups is 2. The van der Waals surface area contributed by atoms with Crippen molar-refractivity contribution in [3.05, 3.63) is 77.4 Å². The van der Waals surface area contributed by atoms with Crippen LogP contribution in [0.15, 0.2) is 54.9 Å². The van der Waals surface area contributed by atoms with Crippen LogP contribution in [0, 0.1) is 0 Å². The van der Waals surface area contributed by atoms with E-state index in [9.17, 15) is 9.59 Å². The predicted molar refractivity (Wildman–Crippen MR) is 139 cm³/mol. The van der Waals surface area contributed by atoms with Crippen LogP contribution in [0.25, 0.3) is 0 Å². The lowest BCUT2D eigenvalue weighted by molar-refractivity contribution is 0.0663. The molecule has 1 atom stereocenters. The lowest BCUT2D eigenvalue weighted by atomic mass is 9.97. The highest BCUT2D eigenvalue weighted by atomic mass is 16.2. The van der Waals surface area contributed by atoms with Gasteiger partial charge in [0.2, 0.25) is 0 Å². The molecule has 0 aliphatic carbocycles. The monoisotopic (exact) mass is 486 g/mol. The largest absolute Gasteiger partial charge is 0.339 e. The van der Waals surface area contributed by atoms with Gasteiger partial charge in [0, 0.05) is 48.5 Å². The highest BCUT2D eigenvalue weighted by Crippen LogP contribution is 2.40. The second-order valence-corrected chi connectivity index (χ2v) is 10.3. The zero-order valence-electron chi connectivity index (χ0n) is 21.5. The van der Waals surface area contributed by atoms with Crippen molar-refractivity contribution in [3.63, 3.8) is 0 Å². The maximum atomic E-state index is 13.5. The van der Waals surface area contributed by atoms with Crippen LogP contribution in [0.2, 0.25) is 0 Å². The first-order valence-corrected chi connectivity index (χ1v) is 12.7. The number of hydrogen-bond acceptors (Lipinski definition) is 5. The first-order chi connectivity index (χ1) is 17.3. The molecule has 2 aromatic carbocycles. The SMILES string of the molecule is CC(C)n1cnc([C@@H]2CN(C(=O)c3ccccc3)c3ccc(C(=O)N4CCC(N(C)C)CC4)cc32)n1. The molecule has 8 heteroatoms. The first-order valence-electron chi connectivity index (χ1n) is 12.7. The Morgan fingerprint density at radius 1 is 0.972 bits per heavy atom. The van der Waals surface area contributed by atoms with E-state index in [2.05, 4.69) is 37.8 Å². The van der Waals surface area contributed by atoms with Crippen molar-refractivity contribution in [1.29, 1.82) is 0 Å². The molecule has 1 saturated heterocycles. The van der Waals surface area contributed by atoms with Gasteiger partial charge >= 0.3 is 0 Å². The Labute approximate surface area is 212 Å². The molecule has 0 N–H and O–H groups in total. The van der Waals surface area contributed by atoms with Crippen LogP contribution in [-0.2, 0) is 0 Å². The van der Waals surface area contributed by atoms with E-state index in [0.29, 0.717) is 29.5 Å². The molecule has 5 rings (SSSR count). The molecule has 3 aromatic rings. The number of piperidine rings is 1. The summed E-state index contributed by atoms with van der Waals surface area (Å²) < 4.78 is 1.83. The first kappa shape index (κ1) is 24.2. The highest BCUT2D eigenvalue weighted by Gasteiger charge is 2.37. The average Bonchev–Trinajstić information content (AvgIpc) is 3.53. The summed E-state index contributed by atoms with van der Waals surface area (Å²) in [7, 11) is 4.19. The Balaban J connectivity index is 1.47. The molecule has 0 saturated carbocycles. The Morgan fingerprint density at radius 3 is 2.33 bits per heavy atom. The number of likely N-dealkylation sites (tertiary alicyclic amines) is 1. The van der Waals surface area contributed by atoms with E-state index >= 15 is 0 Å². The highest BCUT2D eigenvalue weighted by molar-refractivity contribution is 6.08. The molecular weight excluding hydrogens is 452 g/mol. The fraction of sp³-hybridized carbons (Fsp3) is 0.429. The number of hydrogen-bond donors (Lipinski definition) is 0. The Hall–Kier alpha value is -3.52. The number of anilines is 1. The number of carbonyl (C=O) groups excluding carboxylic acids is 2. The standard InChI is InChI=1S/C28H34N6O2/c1-19(2)34-18-29-26(30-34)24-17-33(28(36)20-8-6-5-7-9-20)25-11-10-21(16-23(24)25)27(35)32-14-12-22(13-15-32)31(3)4/h5-11,16,18-19,22,24H,12-15,17H2,1-4H3/t24-/m1/s1. The van der Waals surface area contributed by atoms with Crippen LogP contribution in [0.5, 0.6) is 0 Å². The number of fused-ring (bicyclic) bond motifs is 1.